The van der Waals surface area contributed by atoms with Crippen LogP contribution in [0.2, 0.25) is 5.15 Å². The SMILES string of the molecule is CCC[C@@H](Nc1nc(Cl)c(C#N)cc1F)[C@H](CCC(C)(C)C)OC(N)=O. The number of anilines is 1. The number of nitrogens with zero attached hydrogens (tertiary/aromatic N) is 2. The average molecular weight is 385 g/mol. The van der Waals surface area contributed by atoms with Gasteiger partial charge in [-0.15, -0.1) is 0 Å². The second-order valence-electron chi connectivity index (χ2n) is 7.38. The number of nitriles is 1. The van der Waals surface area contributed by atoms with Gasteiger partial charge in [0.1, 0.15) is 17.3 Å². The second-order valence-corrected chi connectivity index (χ2v) is 7.74. The molecule has 0 saturated heterocycles. The van der Waals surface area contributed by atoms with E-state index in [-0.39, 0.29) is 28.0 Å². The number of primary amides is 1. The monoisotopic (exact) mass is 384 g/mol. The molecule has 2 atom stereocenters. The summed E-state index contributed by atoms with van der Waals surface area (Å²) in [5, 5.41) is 11.8. The number of aromatic nitrogens is 1. The molecule has 0 bridgehead atoms. The van der Waals surface area contributed by atoms with Crippen molar-refractivity contribution in [2.75, 3.05) is 5.32 Å². The van der Waals surface area contributed by atoms with Crippen LogP contribution in [0.25, 0.3) is 0 Å². The smallest absolute Gasteiger partial charge is 0.404 e. The molecule has 0 aromatic carbocycles. The minimum Gasteiger partial charge on any atom is -0.444 e. The van der Waals surface area contributed by atoms with E-state index in [1.807, 2.05) is 6.92 Å². The zero-order valence-corrected chi connectivity index (χ0v) is 16.4. The molecule has 0 aliphatic rings. The van der Waals surface area contributed by atoms with Crippen molar-refractivity contribution in [3.05, 3.63) is 22.6 Å². The molecule has 1 aromatic heterocycles. The van der Waals surface area contributed by atoms with Gasteiger partial charge in [-0.2, -0.15) is 5.26 Å². The van der Waals surface area contributed by atoms with Crippen LogP contribution in [-0.2, 0) is 4.74 Å². The molecule has 1 aromatic rings. The Morgan fingerprint density at radius 3 is 2.65 bits per heavy atom. The largest absolute Gasteiger partial charge is 0.444 e. The van der Waals surface area contributed by atoms with Crippen molar-refractivity contribution >= 4 is 23.5 Å². The van der Waals surface area contributed by atoms with Crippen LogP contribution in [0.5, 0.6) is 0 Å². The fourth-order valence-electron chi connectivity index (χ4n) is 2.55. The van der Waals surface area contributed by atoms with Gasteiger partial charge in [0.15, 0.2) is 11.6 Å². The molecule has 0 aliphatic carbocycles. The molecule has 0 saturated carbocycles. The molecule has 8 heteroatoms. The number of carbonyl (C=O) groups excluding carboxylic acids is 1. The number of amides is 1. The van der Waals surface area contributed by atoms with Gasteiger partial charge >= 0.3 is 6.09 Å². The molecule has 3 N–H and O–H groups in total. The lowest BCUT2D eigenvalue weighted by Gasteiger charge is -2.30. The molecule has 0 aliphatic heterocycles. The van der Waals surface area contributed by atoms with Crippen LogP contribution in [0.15, 0.2) is 6.07 Å². The van der Waals surface area contributed by atoms with Gasteiger partial charge in [0.05, 0.1) is 11.6 Å². The number of halogens is 2. The molecule has 0 unspecified atom stereocenters. The van der Waals surface area contributed by atoms with E-state index in [2.05, 4.69) is 31.1 Å². The fraction of sp³-hybridized carbons (Fsp3) is 0.611. The molecule has 0 spiro atoms. The first-order chi connectivity index (χ1) is 12.1. The topological polar surface area (TPSA) is 101 Å². The quantitative estimate of drug-likeness (QED) is 0.637. The van der Waals surface area contributed by atoms with Gasteiger partial charge in [-0.1, -0.05) is 45.7 Å². The highest BCUT2D eigenvalue weighted by Crippen LogP contribution is 2.27. The van der Waals surface area contributed by atoms with Crippen LogP contribution in [0.1, 0.15) is 58.9 Å². The van der Waals surface area contributed by atoms with E-state index in [1.54, 1.807) is 6.07 Å². The molecule has 1 rings (SSSR count). The number of nitrogens with two attached hydrogens (primary N) is 1. The Hall–Kier alpha value is -2.07. The lowest BCUT2D eigenvalue weighted by Crippen LogP contribution is -2.39. The standard InChI is InChI=1S/C18H26ClFN4O2/c1-5-6-13(14(26-17(22)25)7-8-18(2,3)4)23-16-12(20)9-11(10-21)15(19)24-16/h9,13-14H,5-8H2,1-4H3,(H2,22,25)(H,23,24)/t13-,14+/m1/s1. The van der Waals surface area contributed by atoms with Crippen molar-refractivity contribution in [3.63, 3.8) is 0 Å². The summed E-state index contributed by atoms with van der Waals surface area (Å²) in [6, 6.07) is 2.42. The maximum Gasteiger partial charge on any atom is 0.404 e. The Morgan fingerprint density at radius 1 is 1.50 bits per heavy atom. The molecule has 1 heterocycles. The maximum absolute atomic E-state index is 14.3. The predicted molar refractivity (Wildman–Crippen MR) is 99.4 cm³/mol. The number of hydrogen-bond donors (Lipinski definition) is 2. The molecule has 0 fully saturated rings. The van der Waals surface area contributed by atoms with Crippen molar-refractivity contribution < 1.29 is 13.9 Å². The first-order valence-corrected chi connectivity index (χ1v) is 8.94. The van der Waals surface area contributed by atoms with Crippen LogP contribution in [0.4, 0.5) is 15.0 Å². The number of hydrogen-bond acceptors (Lipinski definition) is 5. The van der Waals surface area contributed by atoms with Crippen LogP contribution < -0.4 is 11.1 Å². The Labute approximate surface area is 158 Å². The normalized spacial score (nSPS) is 13.6. The highest BCUT2D eigenvalue weighted by molar-refractivity contribution is 6.30. The summed E-state index contributed by atoms with van der Waals surface area (Å²) in [5.74, 6) is -0.776. The van der Waals surface area contributed by atoms with Gasteiger partial charge in [-0.3, -0.25) is 0 Å². The summed E-state index contributed by atoms with van der Waals surface area (Å²) in [6.07, 6.45) is 1.32. The highest BCUT2D eigenvalue weighted by Gasteiger charge is 2.27. The van der Waals surface area contributed by atoms with Crippen molar-refractivity contribution in [3.8, 4) is 6.07 Å². The lowest BCUT2D eigenvalue weighted by atomic mass is 9.87. The van der Waals surface area contributed by atoms with Gasteiger partial charge in [-0.05, 0) is 30.7 Å². The van der Waals surface area contributed by atoms with Crippen LogP contribution in [0.3, 0.4) is 0 Å². The van der Waals surface area contributed by atoms with Gasteiger partial charge in [-0.25, -0.2) is 14.2 Å². The van der Waals surface area contributed by atoms with Crippen LogP contribution >= 0.6 is 11.6 Å². The highest BCUT2D eigenvalue weighted by atomic mass is 35.5. The summed E-state index contributed by atoms with van der Waals surface area (Å²) in [4.78, 5) is 15.2. The Balaban J connectivity index is 3.07. The zero-order valence-electron chi connectivity index (χ0n) is 15.6. The molecule has 144 valence electrons. The number of pyridine rings is 1. The third-order valence-electron chi connectivity index (χ3n) is 3.87. The minimum absolute atomic E-state index is 0.0390. The first-order valence-electron chi connectivity index (χ1n) is 8.56. The number of rotatable bonds is 8. The average Bonchev–Trinajstić information content (AvgIpc) is 2.52. The summed E-state index contributed by atoms with van der Waals surface area (Å²) in [7, 11) is 0. The van der Waals surface area contributed by atoms with E-state index in [0.29, 0.717) is 12.8 Å². The van der Waals surface area contributed by atoms with Crippen molar-refractivity contribution in [2.45, 2.75) is 65.5 Å². The van der Waals surface area contributed by atoms with Gasteiger partial charge < -0.3 is 15.8 Å². The summed E-state index contributed by atoms with van der Waals surface area (Å²) in [5.41, 5.74) is 5.21. The van der Waals surface area contributed by atoms with E-state index >= 15 is 0 Å². The third kappa shape index (κ3) is 7.04. The van der Waals surface area contributed by atoms with E-state index in [9.17, 15) is 9.18 Å². The van der Waals surface area contributed by atoms with E-state index in [4.69, 9.17) is 27.3 Å². The van der Waals surface area contributed by atoms with Crippen LogP contribution in [-0.4, -0.2) is 23.2 Å². The van der Waals surface area contributed by atoms with Gasteiger partial charge in [0.2, 0.25) is 0 Å². The molecule has 0 radical (unpaired) electrons. The minimum atomic E-state index is -0.877. The van der Waals surface area contributed by atoms with Crippen molar-refractivity contribution in [1.82, 2.24) is 4.98 Å². The Kier molecular flexibility index (Phi) is 8.09. The molecule has 26 heavy (non-hydrogen) atoms. The Bertz CT molecular complexity index is 670. The van der Waals surface area contributed by atoms with Gasteiger partial charge in [0.25, 0.3) is 0 Å². The maximum atomic E-state index is 14.3. The summed E-state index contributed by atoms with van der Waals surface area (Å²) >= 11 is 5.90. The van der Waals surface area contributed by atoms with E-state index < -0.39 is 18.0 Å². The van der Waals surface area contributed by atoms with E-state index in [0.717, 1.165) is 18.9 Å². The second kappa shape index (κ2) is 9.58. The predicted octanol–water partition coefficient (Wildman–Crippen LogP) is 4.62. The van der Waals surface area contributed by atoms with Crippen LogP contribution in [0, 0.1) is 22.6 Å². The lowest BCUT2D eigenvalue weighted by molar-refractivity contribution is 0.0787. The third-order valence-corrected chi connectivity index (χ3v) is 4.16. The molecule has 6 nitrogen and oxygen atoms in total. The number of carbonyl (C=O) groups is 1. The van der Waals surface area contributed by atoms with E-state index in [1.165, 1.54) is 0 Å². The number of ether oxygens (including phenoxy) is 1. The molecule has 1 amide bonds. The number of nitrogens with one attached hydrogen (secondary N) is 1. The zero-order chi connectivity index (χ0) is 19.9. The summed E-state index contributed by atoms with van der Waals surface area (Å²) < 4.78 is 19.5. The molecular weight excluding hydrogens is 359 g/mol. The molecular formula is C18H26ClFN4O2. The summed E-state index contributed by atoms with van der Waals surface area (Å²) in [6.45, 7) is 8.21. The first kappa shape index (κ1) is 22.0. The fourth-order valence-corrected chi connectivity index (χ4v) is 2.73. The van der Waals surface area contributed by atoms with Crippen molar-refractivity contribution in [2.24, 2.45) is 11.1 Å². The Morgan fingerprint density at radius 2 is 2.15 bits per heavy atom. The van der Waals surface area contributed by atoms with Gasteiger partial charge in [0, 0.05) is 0 Å². The van der Waals surface area contributed by atoms with Crippen molar-refractivity contribution in [1.29, 1.82) is 5.26 Å².